The summed E-state index contributed by atoms with van der Waals surface area (Å²) in [4.78, 5) is 10.7. The van der Waals surface area contributed by atoms with Crippen molar-refractivity contribution in [1.29, 1.82) is 0 Å². The monoisotopic (exact) mass is 409 g/mol. The highest BCUT2D eigenvalue weighted by atomic mass is 35.5. The normalized spacial score (nSPS) is 12.4. The van der Waals surface area contributed by atoms with Crippen molar-refractivity contribution in [2.45, 2.75) is 11.4 Å². The molecular formula is C16H12ClN3O4S2. The molecule has 7 nitrogen and oxygen atoms in total. The number of hydrogen-bond acceptors (Lipinski definition) is 5. The standard InChI is InChI=1S/C16H12ClN3O4S2/c1-2-9-19-14-8-5-12(20(21)22)10-15(14)25-16(19)18-26(23,24)13-6-3-11(17)4-7-13/h2-8,10H,1,9H2/b18-16-. The van der Waals surface area contributed by atoms with E-state index in [0.717, 1.165) is 11.3 Å². The fourth-order valence-electron chi connectivity index (χ4n) is 2.31. The summed E-state index contributed by atoms with van der Waals surface area (Å²) in [6, 6.07) is 10.0. The molecule has 0 atom stereocenters. The maximum atomic E-state index is 12.6. The van der Waals surface area contributed by atoms with E-state index in [0.29, 0.717) is 21.8 Å². The van der Waals surface area contributed by atoms with E-state index in [2.05, 4.69) is 11.0 Å². The van der Waals surface area contributed by atoms with Crippen molar-refractivity contribution < 1.29 is 13.3 Å². The first kappa shape index (κ1) is 18.3. The van der Waals surface area contributed by atoms with E-state index in [1.165, 1.54) is 36.4 Å². The van der Waals surface area contributed by atoms with E-state index in [1.54, 1.807) is 16.7 Å². The second-order valence-corrected chi connectivity index (χ2v) is 8.26. The zero-order valence-corrected chi connectivity index (χ0v) is 15.6. The molecule has 0 N–H and O–H groups in total. The third kappa shape index (κ3) is 3.55. The van der Waals surface area contributed by atoms with Gasteiger partial charge in [-0.25, -0.2) is 0 Å². The molecule has 0 aliphatic heterocycles. The Hall–Kier alpha value is -2.49. The summed E-state index contributed by atoms with van der Waals surface area (Å²) in [5, 5.41) is 11.4. The van der Waals surface area contributed by atoms with Crippen molar-refractivity contribution >= 4 is 48.9 Å². The number of hydrogen-bond donors (Lipinski definition) is 0. The highest BCUT2D eigenvalue weighted by Gasteiger charge is 2.16. The molecule has 0 saturated carbocycles. The Morgan fingerprint density at radius 2 is 1.96 bits per heavy atom. The van der Waals surface area contributed by atoms with Gasteiger partial charge >= 0.3 is 0 Å². The van der Waals surface area contributed by atoms with E-state index in [1.807, 2.05) is 0 Å². The number of nitro groups is 1. The third-order valence-electron chi connectivity index (χ3n) is 3.50. The van der Waals surface area contributed by atoms with Gasteiger partial charge in [0.2, 0.25) is 4.80 Å². The lowest BCUT2D eigenvalue weighted by molar-refractivity contribution is -0.384. The number of fused-ring (bicyclic) bond motifs is 1. The maximum Gasteiger partial charge on any atom is 0.285 e. The van der Waals surface area contributed by atoms with Crippen LogP contribution in [0.4, 0.5) is 5.69 Å². The minimum atomic E-state index is -3.96. The zero-order valence-electron chi connectivity index (χ0n) is 13.2. The first-order chi connectivity index (χ1) is 12.3. The van der Waals surface area contributed by atoms with E-state index in [-0.39, 0.29) is 15.4 Å². The van der Waals surface area contributed by atoms with E-state index in [9.17, 15) is 18.5 Å². The highest BCUT2D eigenvalue weighted by Crippen LogP contribution is 2.24. The van der Waals surface area contributed by atoms with Gasteiger partial charge in [-0.15, -0.1) is 11.0 Å². The van der Waals surface area contributed by atoms with Crippen LogP contribution < -0.4 is 4.80 Å². The van der Waals surface area contributed by atoms with Gasteiger partial charge in [0.15, 0.2) is 0 Å². The lowest BCUT2D eigenvalue weighted by atomic mass is 10.3. The Labute approximate surface area is 157 Å². The Morgan fingerprint density at radius 3 is 2.58 bits per heavy atom. The van der Waals surface area contributed by atoms with Crippen LogP contribution in [0.25, 0.3) is 10.2 Å². The van der Waals surface area contributed by atoms with E-state index >= 15 is 0 Å². The van der Waals surface area contributed by atoms with Crippen LogP contribution in [0.15, 0.2) is 64.4 Å². The molecule has 0 aliphatic rings. The molecule has 0 saturated heterocycles. The molecule has 0 amide bonds. The van der Waals surface area contributed by atoms with Gasteiger partial charge in [-0.2, -0.15) is 8.42 Å². The second-order valence-electron chi connectivity index (χ2n) is 5.21. The first-order valence-corrected chi connectivity index (χ1v) is 9.90. The van der Waals surface area contributed by atoms with Crippen molar-refractivity contribution in [3.05, 3.63) is 75.1 Å². The van der Waals surface area contributed by atoms with Gasteiger partial charge in [-0.1, -0.05) is 29.0 Å². The Morgan fingerprint density at radius 1 is 1.27 bits per heavy atom. The number of benzene rings is 2. The van der Waals surface area contributed by atoms with Crippen LogP contribution >= 0.6 is 22.9 Å². The molecule has 0 radical (unpaired) electrons. The molecule has 0 fully saturated rings. The Bertz CT molecular complexity index is 1180. The van der Waals surface area contributed by atoms with E-state index < -0.39 is 14.9 Å². The predicted octanol–water partition coefficient (Wildman–Crippen LogP) is 3.74. The van der Waals surface area contributed by atoms with Gasteiger partial charge in [0.1, 0.15) is 0 Å². The number of rotatable bonds is 5. The van der Waals surface area contributed by atoms with Crippen molar-refractivity contribution in [3.8, 4) is 0 Å². The summed E-state index contributed by atoms with van der Waals surface area (Å²) < 4.78 is 31.3. The number of non-ortho nitro benzene ring substituents is 1. The first-order valence-electron chi connectivity index (χ1n) is 7.27. The molecule has 10 heteroatoms. The lowest BCUT2D eigenvalue weighted by Gasteiger charge is -2.02. The fraction of sp³-hybridized carbons (Fsp3) is 0.0625. The topological polar surface area (TPSA) is 94.6 Å². The molecule has 3 aromatic rings. The molecule has 2 aromatic carbocycles. The van der Waals surface area contributed by atoms with Crippen molar-refractivity contribution in [1.82, 2.24) is 4.57 Å². The van der Waals surface area contributed by atoms with Gasteiger partial charge in [0.05, 0.1) is 20.0 Å². The molecule has 3 rings (SSSR count). The summed E-state index contributed by atoms with van der Waals surface area (Å²) >= 11 is 6.85. The van der Waals surface area contributed by atoms with Crippen LogP contribution in [-0.4, -0.2) is 17.9 Å². The average molecular weight is 410 g/mol. The molecule has 0 bridgehead atoms. The molecule has 0 unspecified atom stereocenters. The van der Waals surface area contributed by atoms with Crippen LogP contribution in [0.3, 0.4) is 0 Å². The number of aromatic nitrogens is 1. The van der Waals surface area contributed by atoms with Crippen molar-refractivity contribution in [2.75, 3.05) is 0 Å². The fourth-order valence-corrected chi connectivity index (χ4v) is 4.71. The molecule has 1 heterocycles. The number of thiazole rings is 1. The van der Waals surface area contributed by atoms with Gasteiger partial charge in [0, 0.05) is 23.7 Å². The second kappa shape index (κ2) is 7.02. The number of nitro benzene ring substituents is 1. The molecule has 0 aliphatic carbocycles. The average Bonchev–Trinajstić information content (AvgIpc) is 2.91. The van der Waals surface area contributed by atoms with Crippen LogP contribution in [0.2, 0.25) is 5.02 Å². The number of nitrogens with zero attached hydrogens (tertiary/aromatic N) is 3. The zero-order chi connectivity index (χ0) is 18.9. The summed E-state index contributed by atoms with van der Waals surface area (Å²) in [6.45, 7) is 3.98. The van der Waals surface area contributed by atoms with Crippen molar-refractivity contribution in [3.63, 3.8) is 0 Å². The Kier molecular flexibility index (Phi) is 4.94. The van der Waals surface area contributed by atoms with Gasteiger partial charge in [-0.05, 0) is 30.3 Å². The molecular weight excluding hydrogens is 398 g/mol. The van der Waals surface area contributed by atoms with Crippen LogP contribution in [0.1, 0.15) is 0 Å². The SMILES string of the molecule is C=CCn1/c(=N/S(=O)(=O)c2ccc(Cl)cc2)sc2cc([N+](=O)[O-])ccc21. The lowest BCUT2D eigenvalue weighted by Crippen LogP contribution is -2.16. The molecule has 1 aromatic heterocycles. The smallest absolute Gasteiger partial charge is 0.285 e. The number of sulfonamides is 1. The predicted molar refractivity (Wildman–Crippen MR) is 101 cm³/mol. The van der Waals surface area contributed by atoms with Crippen LogP contribution in [0.5, 0.6) is 0 Å². The van der Waals surface area contributed by atoms with E-state index in [4.69, 9.17) is 11.6 Å². The largest absolute Gasteiger partial charge is 0.312 e. The highest BCUT2D eigenvalue weighted by molar-refractivity contribution is 7.90. The summed E-state index contributed by atoms with van der Waals surface area (Å²) in [5.41, 5.74) is 0.571. The molecule has 0 spiro atoms. The maximum absolute atomic E-state index is 12.6. The number of halogens is 1. The quantitative estimate of drug-likeness (QED) is 0.364. The molecule has 26 heavy (non-hydrogen) atoms. The van der Waals surface area contributed by atoms with Crippen molar-refractivity contribution in [2.24, 2.45) is 4.40 Å². The molecule has 134 valence electrons. The summed E-state index contributed by atoms with van der Waals surface area (Å²) in [5.74, 6) is 0. The third-order valence-corrected chi connectivity index (χ3v) is 6.19. The Balaban J connectivity index is 2.23. The minimum Gasteiger partial charge on any atom is -0.312 e. The van der Waals surface area contributed by atoms with Crippen LogP contribution in [-0.2, 0) is 16.6 Å². The summed E-state index contributed by atoms with van der Waals surface area (Å²) in [6.07, 6.45) is 1.60. The van der Waals surface area contributed by atoms with Gasteiger partial charge in [0.25, 0.3) is 15.7 Å². The van der Waals surface area contributed by atoms with Gasteiger partial charge < -0.3 is 4.57 Å². The van der Waals surface area contributed by atoms with Crippen LogP contribution in [0, 0.1) is 10.1 Å². The number of allylic oxidation sites excluding steroid dienone is 1. The van der Waals surface area contributed by atoms with Gasteiger partial charge in [-0.3, -0.25) is 10.1 Å². The summed E-state index contributed by atoms with van der Waals surface area (Å²) in [7, 11) is -3.96. The minimum absolute atomic E-state index is 0.00971.